The van der Waals surface area contributed by atoms with E-state index in [9.17, 15) is 5.11 Å². The van der Waals surface area contributed by atoms with E-state index in [1.54, 1.807) is 18.2 Å². The third kappa shape index (κ3) is 2.84. The molecule has 2 aromatic heterocycles. The quantitative estimate of drug-likeness (QED) is 0.483. The number of hydrogen-bond donors (Lipinski definition) is 1. The van der Waals surface area contributed by atoms with E-state index in [1.807, 2.05) is 66.9 Å². The summed E-state index contributed by atoms with van der Waals surface area (Å²) >= 11 is 0. The van der Waals surface area contributed by atoms with Gasteiger partial charge in [-0.15, -0.1) is 10.2 Å². The van der Waals surface area contributed by atoms with Gasteiger partial charge in [-0.05, 0) is 49.2 Å². The number of phenolic OH excluding ortho intramolecular Hbond substituents is 1. The number of rotatable bonds is 3. The molecule has 0 atom stereocenters. The second kappa shape index (κ2) is 6.44. The van der Waals surface area contributed by atoms with Gasteiger partial charge in [0.05, 0.1) is 5.69 Å². The minimum Gasteiger partial charge on any atom is -0.508 e. The molecular formula is C21H18N4O. The Balaban J connectivity index is 1.90. The normalized spacial score (nSPS) is 11.5. The third-order valence-corrected chi connectivity index (χ3v) is 4.30. The second-order valence-electron chi connectivity index (χ2n) is 6.21. The Morgan fingerprint density at radius 2 is 1.69 bits per heavy atom. The Hall–Kier alpha value is -3.47. The number of imidazole rings is 1. The van der Waals surface area contributed by atoms with Gasteiger partial charge in [-0.1, -0.05) is 36.4 Å². The van der Waals surface area contributed by atoms with Crippen LogP contribution in [-0.4, -0.2) is 14.5 Å². The molecule has 0 spiro atoms. The highest BCUT2D eigenvalue weighted by atomic mass is 16.3. The standard InChI is InChI=1S/C21H18N4O/c1-14-7-6-12-25-20(14)22-19(16-8-4-3-5-9-16)21(25)24-23-18-11-10-17(26)13-15(18)2/h3-13,26H,1-2H3. The van der Waals surface area contributed by atoms with Crippen LogP contribution in [0.4, 0.5) is 11.5 Å². The molecule has 0 fully saturated rings. The van der Waals surface area contributed by atoms with Crippen molar-refractivity contribution in [2.45, 2.75) is 13.8 Å². The second-order valence-corrected chi connectivity index (χ2v) is 6.21. The minimum absolute atomic E-state index is 0.219. The molecule has 0 bridgehead atoms. The van der Waals surface area contributed by atoms with Gasteiger partial charge in [0, 0.05) is 11.8 Å². The van der Waals surface area contributed by atoms with Crippen molar-refractivity contribution >= 4 is 17.2 Å². The lowest BCUT2D eigenvalue weighted by Crippen LogP contribution is -1.85. The first-order valence-electron chi connectivity index (χ1n) is 8.38. The van der Waals surface area contributed by atoms with E-state index < -0.39 is 0 Å². The first-order chi connectivity index (χ1) is 12.6. The Morgan fingerprint density at radius 1 is 0.885 bits per heavy atom. The molecule has 5 heteroatoms. The summed E-state index contributed by atoms with van der Waals surface area (Å²) in [7, 11) is 0. The smallest absolute Gasteiger partial charge is 0.187 e. The van der Waals surface area contributed by atoms with Gasteiger partial charge >= 0.3 is 0 Å². The van der Waals surface area contributed by atoms with Crippen LogP contribution in [0.15, 0.2) is 77.1 Å². The van der Waals surface area contributed by atoms with Crippen LogP contribution >= 0.6 is 0 Å². The number of pyridine rings is 1. The molecule has 0 aliphatic rings. The summed E-state index contributed by atoms with van der Waals surface area (Å²) in [5, 5.41) is 18.5. The van der Waals surface area contributed by atoms with Crippen LogP contribution in [0, 0.1) is 13.8 Å². The van der Waals surface area contributed by atoms with Gasteiger partial charge in [0.25, 0.3) is 0 Å². The molecule has 0 unspecified atom stereocenters. The van der Waals surface area contributed by atoms with E-state index in [-0.39, 0.29) is 5.75 Å². The summed E-state index contributed by atoms with van der Waals surface area (Å²) in [5.74, 6) is 0.902. The number of fused-ring (bicyclic) bond motifs is 1. The highest BCUT2D eigenvalue weighted by Gasteiger charge is 2.15. The van der Waals surface area contributed by atoms with Gasteiger partial charge in [0.2, 0.25) is 0 Å². The molecule has 26 heavy (non-hydrogen) atoms. The van der Waals surface area contributed by atoms with Crippen LogP contribution in [0.2, 0.25) is 0 Å². The minimum atomic E-state index is 0.219. The van der Waals surface area contributed by atoms with Gasteiger partial charge in [0.1, 0.15) is 17.1 Å². The lowest BCUT2D eigenvalue weighted by Gasteiger charge is -2.02. The van der Waals surface area contributed by atoms with E-state index in [0.717, 1.165) is 28.0 Å². The van der Waals surface area contributed by atoms with Gasteiger partial charge < -0.3 is 5.11 Å². The molecule has 0 aliphatic carbocycles. The fourth-order valence-corrected chi connectivity index (χ4v) is 2.93. The SMILES string of the molecule is Cc1cc(O)ccc1N=Nc1c(-c2ccccc2)nc2c(C)cccn12. The maximum Gasteiger partial charge on any atom is 0.187 e. The van der Waals surface area contributed by atoms with Crippen molar-refractivity contribution in [3.63, 3.8) is 0 Å². The lowest BCUT2D eigenvalue weighted by atomic mass is 10.1. The van der Waals surface area contributed by atoms with E-state index in [1.165, 1.54) is 0 Å². The Labute approximate surface area is 151 Å². The molecule has 4 aromatic rings. The van der Waals surface area contributed by atoms with Crippen LogP contribution in [0.5, 0.6) is 5.75 Å². The van der Waals surface area contributed by atoms with Crippen LogP contribution in [0.1, 0.15) is 11.1 Å². The summed E-state index contributed by atoms with van der Waals surface area (Å²) in [4.78, 5) is 4.80. The topological polar surface area (TPSA) is 62.2 Å². The van der Waals surface area contributed by atoms with Crippen molar-refractivity contribution in [1.82, 2.24) is 9.38 Å². The molecule has 2 aromatic carbocycles. The monoisotopic (exact) mass is 342 g/mol. The molecule has 1 N–H and O–H groups in total. The van der Waals surface area contributed by atoms with Crippen molar-refractivity contribution in [3.05, 3.63) is 78.0 Å². The first kappa shape index (κ1) is 16.0. The lowest BCUT2D eigenvalue weighted by molar-refractivity contribution is 0.475. The Morgan fingerprint density at radius 3 is 2.46 bits per heavy atom. The molecule has 2 heterocycles. The van der Waals surface area contributed by atoms with Crippen LogP contribution in [0.25, 0.3) is 16.9 Å². The van der Waals surface area contributed by atoms with E-state index in [4.69, 9.17) is 4.98 Å². The number of aryl methyl sites for hydroxylation is 2. The molecule has 0 saturated heterocycles. The molecular weight excluding hydrogens is 324 g/mol. The third-order valence-electron chi connectivity index (χ3n) is 4.30. The van der Waals surface area contributed by atoms with Gasteiger partial charge in [0.15, 0.2) is 5.82 Å². The fourth-order valence-electron chi connectivity index (χ4n) is 2.93. The van der Waals surface area contributed by atoms with E-state index in [2.05, 4.69) is 10.2 Å². The van der Waals surface area contributed by atoms with Crippen LogP contribution in [-0.2, 0) is 0 Å². The predicted octanol–water partition coefficient (Wildman–Crippen LogP) is 5.74. The van der Waals surface area contributed by atoms with E-state index in [0.29, 0.717) is 11.5 Å². The summed E-state index contributed by atoms with van der Waals surface area (Å²) in [6.45, 7) is 3.92. The van der Waals surface area contributed by atoms with Crippen molar-refractivity contribution in [2.24, 2.45) is 10.2 Å². The summed E-state index contributed by atoms with van der Waals surface area (Å²) in [6.07, 6.45) is 1.94. The van der Waals surface area contributed by atoms with Gasteiger partial charge in [-0.3, -0.25) is 4.40 Å². The van der Waals surface area contributed by atoms with Crippen molar-refractivity contribution < 1.29 is 5.11 Å². The Kier molecular flexibility index (Phi) is 3.97. The predicted molar refractivity (Wildman–Crippen MR) is 102 cm³/mol. The van der Waals surface area contributed by atoms with Crippen LogP contribution < -0.4 is 0 Å². The summed E-state index contributed by atoms with van der Waals surface area (Å²) < 4.78 is 1.96. The van der Waals surface area contributed by atoms with Crippen molar-refractivity contribution in [2.75, 3.05) is 0 Å². The summed E-state index contributed by atoms with van der Waals surface area (Å²) in [5.41, 5.74) is 5.30. The number of benzene rings is 2. The fraction of sp³-hybridized carbons (Fsp3) is 0.0952. The van der Waals surface area contributed by atoms with Gasteiger partial charge in [-0.25, -0.2) is 4.98 Å². The molecule has 4 rings (SSSR count). The highest BCUT2D eigenvalue weighted by Crippen LogP contribution is 2.33. The maximum absolute atomic E-state index is 9.57. The Bertz CT molecular complexity index is 1110. The zero-order valence-electron chi connectivity index (χ0n) is 14.6. The first-order valence-corrected chi connectivity index (χ1v) is 8.38. The van der Waals surface area contributed by atoms with Crippen molar-refractivity contribution in [1.29, 1.82) is 0 Å². The van der Waals surface area contributed by atoms with E-state index >= 15 is 0 Å². The summed E-state index contributed by atoms with van der Waals surface area (Å²) in [6, 6.07) is 19.0. The number of aromatic hydroxyl groups is 1. The number of aromatic nitrogens is 2. The molecule has 0 saturated carbocycles. The number of phenols is 1. The van der Waals surface area contributed by atoms with Crippen molar-refractivity contribution in [3.8, 4) is 17.0 Å². The average Bonchev–Trinajstić information content (AvgIpc) is 3.02. The number of azo groups is 1. The maximum atomic E-state index is 9.57. The van der Waals surface area contributed by atoms with Crippen LogP contribution in [0.3, 0.4) is 0 Å². The molecule has 0 radical (unpaired) electrons. The molecule has 0 amide bonds. The van der Waals surface area contributed by atoms with Gasteiger partial charge in [-0.2, -0.15) is 0 Å². The number of nitrogens with zero attached hydrogens (tertiary/aromatic N) is 4. The number of hydrogen-bond acceptors (Lipinski definition) is 4. The largest absolute Gasteiger partial charge is 0.508 e. The highest BCUT2D eigenvalue weighted by molar-refractivity contribution is 5.75. The molecule has 128 valence electrons. The molecule has 5 nitrogen and oxygen atoms in total. The molecule has 0 aliphatic heterocycles. The zero-order chi connectivity index (χ0) is 18.1. The zero-order valence-corrected chi connectivity index (χ0v) is 14.6. The average molecular weight is 342 g/mol.